The van der Waals surface area contributed by atoms with E-state index in [1.54, 1.807) is 11.4 Å². The lowest BCUT2D eigenvalue weighted by Gasteiger charge is -2.30. The number of carbonyl (C=O) groups excluding carboxylic acids is 1. The smallest absolute Gasteiger partial charge is 0.326 e. The minimum atomic E-state index is -4.01. The van der Waals surface area contributed by atoms with Gasteiger partial charge in [-0.1, -0.05) is 44.2 Å². The van der Waals surface area contributed by atoms with Gasteiger partial charge in [-0.2, -0.15) is 0 Å². The monoisotopic (exact) mass is 329 g/mol. The molecule has 0 aromatic heterocycles. The average molecular weight is 330 g/mol. The molecular formula is C19H27NO3. The fourth-order valence-electron chi connectivity index (χ4n) is 1.85. The molecular weight excluding hydrogens is 290 g/mol. The van der Waals surface area contributed by atoms with Crippen molar-refractivity contribution in [3.8, 4) is 0 Å². The summed E-state index contributed by atoms with van der Waals surface area (Å²) >= 11 is 0. The van der Waals surface area contributed by atoms with Crippen molar-refractivity contribution in [1.29, 1.82) is 0 Å². The summed E-state index contributed by atoms with van der Waals surface area (Å²) in [5.41, 5.74) is 0.241. The van der Waals surface area contributed by atoms with E-state index in [1.165, 1.54) is 24.3 Å². The first-order chi connectivity index (χ1) is 15.4. The van der Waals surface area contributed by atoms with Gasteiger partial charge in [-0.15, -0.1) is 0 Å². The lowest BCUT2D eigenvalue weighted by atomic mass is 9.76. The molecule has 1 fully saturated rings. The fourth-order valence-corrected chi connectivity index (χ4v) is 1.85. The molecule has 0 spiro atoms. The molecule has 0 aliphatic heterocycles. The number of hydrogen-bond donors (Lipinski definition) is 2. The highest BCUT2D eigenvalue weighted by Crippen LogP contribution is 2.33. The van der Waals surface area contributed by atoms with Gasteiger partial charge in [0.2, 0.25) is 5.91 Å². The van der Waals surface area contributed by atoms with Gasteiger partial charge in [0.1, 0.15) is 6.02 Å². The molecule has 0 saturated heterocycles. The molecule has 1 amide bonds. The van der Waals surface area contributed by atoms with Gasteiger partial charge in [0, 0.05) is 27.4 Å². The van der Waals surface area contributed by atoms with Crippen LogP contribution in [-0.4, -0.2) is 23.0 Å². The summed E-state index contributed by atoms with van der Waals surface area (Å²) in [6.07, 6.45) is -16.3. The van der Waals surface area contributed by atoms with E-state index >= 15 is 0 Å². The number of benzene rings is 1. The van der Waals surface area contributed by atoms with Crippen LogP contribution in [0.1, 0.15) is 61.4 Å². The third-order valence-electron chi connectivity index (χ3n) is 3.10. The minimum Gasteiger partial charge on any atom is -0.480 e. The molecule has 1 aliphatic carbocycles. The van der Waals surface area contributed by atoms with Crippen LogP contribution in [0.4, 0.5) is 0 Å². The van der Waals surface area contributed by atoms with E-state index < -0.39 is 67.5 Å². The number of carbonyl (C=O) groups is 2. The van der Waals surface area contributed by atoms with Crippen LogP contribution in [0.25, 0.3) is 0 Å². The number of aliphatic carboxylic acids is 1. The van der Waals surface area contributed by atoms with Gasteiger partial charge in [0.15, 0.2) is 0 Å². The first kappa shape index (κ1) is 7.37. The number of carboxylic acids is 1. The van der Waals surface area contributed by atoms with E-state index in [2.05, 4.69) is 0 Å². The van der Waals surface area contributed by atoms with Crippen LogP contribution in [0.5, 0.6) is 0 Å². The maximum atomic E-state index is 13.3. The molecule has 1 aromatic rings. The standard InChI is InChI=1S/C19H27NO3/c1-13(2)15-8-10-16(11-9-15)18(21)20-17(19(22)23)12-14-6-4-3-5-7-14/h3-7,13,15-17H,8-12H2,1-2H3,(H,20,21)(H,22,23)/t15?,16?,17-/m0/s1/i8D2,9D2,10D2,11D2,13D,15D,16D,17D. The van der Waals surface area contributed by atoms with Crippen LogP contribution < -0.4 is 5.32 Å². The number of carboxylic acid groups (broad SMARTS) is 1. The lowest BCUT2D eigenvalue weighted by Crippen LogP contribution is -2.45. The number of amides is 1. The maximum Gasteiger partial charge on any atom is 0.326 e. The zero-order chi connectivity index (χ0) is 27.7. The Morgan fingerprint density at radius 2 is 1.91 bits per heavy atom. The van der Waals surface area contributed by atoms with Crippen molar-refractivity contribution in [3.63, 3.8) is 0 Å². The van der Waals surface area contributed by atoms with Gasteiger partial charge in [-0.3, -0.25) is 4.79 Å². The van der Waals surface area contributed by atoms with Crippen molar-refractivity contribution in [2.45, 2.75) is 51.8 Å². The normalized spacial score (nSPS) is 47.2. The van der Waals surface area contributed by atoms with Crippen molar-refractivity contribution >= 4 is 11.9 Å². The molecule has 1 saturated carbocycles. The predicted octanol–water partition coefficient (Wildman–Crippen LogP) is 3.26. The molecule has 4 heteroatoms. The third kappa shape index (κ3) is 5.08. The Hall–Kier alpha value is -1.84. The molecule has 2 rings (SSSR count). The van der Waals surface area contributed by atoms with Gasteiger partial charge >= 0.3 is 5.97 Å². The first-order valence-corrected chi connectivity index (χ1v) is 7.00. The summed E-state index contributed by atoms with van der Waals surface area (Å²) in [6.45, 7) is 1.77. The Balaban J connectivity index is 2.74. The van der Waals surface area contributed by atoms with Gasteiger partial charge in [0.25, 0.3) is 0 Å². The van der Waals surface area contributed by atoms with Crippen LogP contribution in [0.3, 0.4) is 0 Å². The number of hydrogen-bond acceptors (Lipinski definition) is 2. The molecule has 1 aliphatic rings. The van der Waals surface area contributed by atoms with E-state index in [1.807, 2.05) is 0 Å². The molecule has 0 heterocycles. The molecule has 23 heavy (non-hydrogen) atoms. The molecule has 0 unspecified atom stereocenters. The van der Waals surface area contributed by atoms with E-state index in [0.29, 0.717) is 0 Å². The van der Waals surface area contributed by atoms with Crippen molar-refractivity contribution < 1.29 is 31.1 Å². The highest BCUT2D eigenvalue weighted by atomic mass is 16.4. The van der Waals surface area contributed by atoms with Crippen LogP contribution in [0.2, 0.25) is 0 Å². The Kier molecular flexibility index (Phi) is 2.61. The van der Waals surface area contributed by atoms with Crippen molar-refractivity contribution in [2.24, 2.45) is 17.7 Å². The van der Waals surface area contributed by atoms with Crippen LogP contribution in [0, 0.1) is 17.7 Å². The summed E-state index contributed by atoms with van der Waals surface area (Å²) in [5, 5.41) is 11.3. The molecule has 4 nitrogen and oxygen atoms in total. The Labute approximate surface area is 155 Å². The molecule has 1 aromatic carbocycles. The van der Waals surface area contributed by atoms with Gasteiger partial charge in [0.05, 0.1) is 1.37 Å². The second-order valence-corrected chi connectivity index (χ2v) is 5.15. The van der Waals surface area contributed by atoms with Gasteiger partial charge < -0.3 is 10.4 Å². The van der Waals surface area contributed by atoms with Gasteiger partial charge in [-0.25, -0.2) is 4.79 Å². The summed E-state index contributed by atoms with van der Waals surface area (Å²) in [6, 6.07) is 4.53. The lowest BCUT2D eigenvalue weighted by molar-refractivity contribution is -0.142. The first-order valence-electron chi connectivity index (χ1n) is 13.0. The molecule has 0 bridgehead atoms. The zero-order valence-electron chi connectivity index (χ0n) is 24.9. The van der Waals surface area contributed by atoms with Crippen molar-refractivity contribution in [2.75, 3.05) is 0 Å². The third-order valence-corrected chi connectivity index (χ3v) is 3.10. The summed E-state index contributed by atoms with van der Waals surface area (Å²) in [7, 11) is 0. The molecule has 1 atom stereocenters. The van der Waals surface area contributed by atoms with E-state index in [4.69, 9.17) is 16.4 Å². The van der Waals surface area contributed by atoms with E-state index in [-0.39, 0.29) is 5.56 Å². The number of rotatable bonds is 6. The van der Waals surface area contributed by atoms with Gasteiger partial charge in [-0.05, 0) is 42.8 Å². The Bertz CT molecular complexity index is 980. The Morgan fingerprint density at radius 1 is 1.30 bits per heavy atom. The number of nitrogens with one attached hydrogen (secondary N) is 1. The molecule has 0 radical (unpaired) electrons. The highest BCUT2D eigenvalue weighted by molar-refractivity contribution is 5.85. The fraction of sp³-hybridized carbons (Fsp3) is 0.579. The SMILES string of the molecule is [2H]C(C)(C)C1([2H])C([2H])([2H])C([2H])([2H])C([2H])(C(=O)N[C@@]([2H])(Cc2ccccc2)C(=O)O)C([2H])([2H])C1([2H])[2H]. The van der Waals surface area contributed by atoms with Crippen molar-refractivity contribution in [1.82, 2.24) is 5.32 Å². The maximum absolute atomic E-state index is 13.3. The average Bonchev–Trinajstić information content (AvgIpc) is 2.70. The largest absolute Gasteiger partial charge is 0.480 e. The summed E-state index contributed by atoms with van der Waals surface area (Å²) < 4.78 is 100. The second-order valence-electron chi connectivity index (χ2n) is 5.15. The summed E-state index contributed by atoms with van der Waals surface area (Å²) in [5.74, 6) is -14.0. The minimum absolute atomic E-state index is 0.241. The van der Waals surface area contributed by atoms with E-state index in [9.17, 15) is 14.7 Å². The van der Waals surface area contributed by atoms with Crippen LogP contribution in [0.15, 0.2) is 30.3 Å². The zero-order valence-corrected chi connectivity index (χ0v) is 12.9. The summed E-state index contributed by atoms with van der Waals surface area (Å²) in [4.78, 5) is 25.2. The molecule has 2 N–H and O–H groups in total. The molecule has 126 valence electrons. The topological polar surface area (TPSA) is 66.4 Å². The quantitative estimate of drug-likeness (QED) is 0.842. The Morgan fingerprint density at radius 3 is 2.43 bits per heavy atom. The van der Waals surface area contributed by atoms with Crippen LogP contribution >= 0.6 is 0 Å². The van der Waals surface area contributed by atoms with Crippen LogP contribution in [-0.2, 0) is 16.0 Å². The highest BCUT2D eigenvalue weighted by Gasteiger charge is 2.30. The van der Waals surface area contributed by atoms with Crippen molar-refractivity contribution in [3.05, 3.63) is 35.9 Å². The predicted molar refractivity (Wildman–Crippen MR) is 90.0 cm³/mol. The van der Waals surface area contributed by atoms with E-state index in [0.717, 1.165) is 13.8 Å². The second kappa shape index (κ2) is 8.14.